The minimum Gasteiger partial charge on any atom is -0.481 e. The van der Waals surface area contributed by atoms with Gasteiger partial charge in [-0.25, -0.2) is 4.98 Å². The molecule has 0 bridgehead atoms. The molecule has 0 fully saturated rings. The predicted molar refractivity (Wildman–Crippen MR) is 50.3 cm³/mol. The molecule has 0 spiro atoms. The summed E-state index contributed by atoms with van der Waals surface area (Å²) in [4.78, 5) is 27.0. The van der Waals surface area contributed by atoms with E-state index in [1.54, 1.807) is 6.92 Å². The first kappa shape index (κ1) is 11.2. The average molecular weight is 212 g/mol. The number of carboxylic acids is 1. The van der Waals surface area contributed by atoms with Crippen LogP contribution in [0.5, 0.6) is 0 Å². The third-order valence-corrected chi connectivity index (χ3v) is 2.07. The van der Waals surface area contributed by atoms with Gasteiger partial charge in [0.1, 0.15) is 6.26 Å². The first-order valence-electron chi connectivity index (χ1n) is 4.40. The molecule has 1 atom stereocenters. The van der Waals surface area contributed by atoms with Crippen molar-refractivity contribution >= 4 is 11.9 Å². The summed E-state index contributed by atoms with van der Waals surface area (Å²) < 4.78 is 4.82. The van der Waals surface area contributed by atoms with Crippen LogP contribution in [0, 0.1) is 0 Å². The van der Waals surface area contributed by atoms with Crippen molar-refractivity contribution in [3.8, 4) is 0 Å². The van der Waals surface area contributed by atoms with E-state index in [0.29, 0.717) is 0 Å². The van der Waals surface area contributed by atoms with Gasteiger partial charge in [0.15, 0.2) is 0 Å². The molecule has 0 saturated carbocycles. The lowest BCUT2D eigenvalue weighted by Crippen LogP contribution is -2.36. The molecule has 1 N–H and O–H groups in total. The summed E-state index contributed by atoms with van der Waals surface area (Å²) in [6, 6.07) is -0.401. The molecule has 1 amide bonds. The van der Waals surface area contributed by atoms with Crippen LogP contribution in [-0.2, 0) is 4.79 Å². The molecule has 0 radical (unpaired) electrons. The molecule has 0 aliphatic heterocycles. The third kappa shape index (κ3) is 2.80. The summed E-state index contributed by atoms with van der Waals surface area (Å²) in [5.74, 6) is -1.40. The van der Waals surface area contributed by atoms with Gasteiger partial charge in [-0.2, -0.15) is 0 Å². The second-order valence-electron chi connectivity index (χ2n) is 3.20. The monoisotopic (exact) mass is 212 g/mol. The number of rotatable bonds is 4. The number of hydrogen-bond donors (Lipinski definition) is 1. The Morgan fingerprint density at radius 1 is 1.67 bits per heavy atom. The van der Waals surface area contributed by atoms with E-state index < -0.39 is 17.9 Å². The SMILES string of the molecule is CC(CC(=O)O)N(C)C(=O)c1ncco1. The number of nitrogens with zero attached hydrogens (tertiary/aromatic N) is 2. The highest BCUT2D eigenvalue weighted by molar-refractivity contribution is 5.89. The summed E-state index contributed by atoms with van der Waals surface area (Å²) >= 11 is 0. The Labute approximate surface area is 86.5 Å². The van der Waals surface area contributed by atoms with Crippen molar-refractivity contribution in [2.45, 2.75) is 19.4 Å². The molecule has 0 saturated heterocycles. The molecule has 15 heavy (non-hydrogen) atoms. The van der Waals surface area contributed by atoms with Gasteiger partial charge in [-0.15, -0.1) is 0 Å². The van der Waals surface area contributed by atoms with Crippen molar-refractivity contribution in [3.63, 3.8) is 0 Å². The molecule has 0 aliphatic carbocycles. The van der Waals surface area contributed by atoms with E-state index >= 15 is 0 Å². The molecule has 0 aliphatic rings. The molecule has 6 nitrogen and oxygen atoms in total. The molecule has 1 rings (SSSR count). The van der Waals surface area contributed by atoms with Crippen LogP contribution < -0.4 is 0 Å². The lowest BCUT2D eigenvalue weighted by Gasteiger charge is -2.21. The number of carbonyl (C=O) groups is 2. The van der Waals surface area contributed by atoms with Crippen LogP contribution in [-0.4, -0.2) is 40.0 Å². The minimum absolute atomic E-state index is 0.0326. The van der Waals surface area contributed by atoms with Crippen molar-refractivity contribution in [1.29, 1.82) is 0 Å². The van der Waals surface area contributed by atoms with E-state index in [2.05, 4.69) is 4.98 Å². The number of carbonyl (C=O) groups excluding carboxylic acids is 1. The molecule has 6 heteroatoms. The summed E-state index contributed by atoms with van der Waals surface area (Å²) in [5, 5.41) is 8.57. The fraction of sp³-hybridized carbons (Fsp3) is 0.444. The number of oxazole rings is 1. The fourth-order valence-electron chi connectivity index (χ4n) is 1.07. The number of carboxylic acid groups (broad SMARTS) is 1. The summed E-state index contributed by atoms with van der Waals surface area (Å²) in [7, 11) is 1.51. The van der Waals surface area contributed by atoms with Crippen LogP contribution >= 0.6 is 0 Å². The van der Waals surface area contributed by atoms with Crippen molar-refractivity contribution in [1.82, 2.24) is 9.88 Å². The number of amides is 1. The van der Waals surface area contributed by atoms with Crippen LogP contribution in [0.15, 0.2) is 16.9 Å². The Balaban J connectivity index is 2.64. The zero-order valence-corrected chi connectivity index (χ0v) is 8.51. The maximum atomic E-state index is 11.6. The van der Waals surface area contributed by atoms with Gasteiger partial charge in [0.05, 0.1) is 12.6 Å². The first-order valence-corrected chi connectivity index (χ1v) is 4.40. The van der Waals surface area contributed by atoms with Crippen molar-refractivity contribution < 1.29 is 19.1 Å². The number of aliphatic carboxylic acids is 1. The van der Waals surface area contributed by atoms with Crippen molar-refractivity contribution in [2.75, 3.05) is 7.05 Å². The number of hydrogen-bond acceptors (Lipinski definition) is 4. The van der Waals surface area contributed by atoms with E-state index in [1.807, 2.05) is 0 Å². The average Bonchev–Trinajstić information content (AvgIpc) is 2.67. The summed E-state index contributed by atoms with van der Waals surface area (Å²) in [5.41, 5.74) is 0. The van der Waals surface area contributed by atoms with Gasteiger partial charge < -0.3 is 14.4 Å². The molecule has 1 heterocycles. The quantitative estimate of drug-likeness (QED) is 0.790. The Morgan fingerprint density at radius 2 is 2.33 bits per heavy atom. The van der Waals surface area contributed by atoms with Crippen LogP contribution in [0.4, 0.5) is 0 Å². The first-order chi connectivity index (χ1) is 7.02. The van der Waals surface area contributed by atoms with E-state index in [0.717, 1.165) is 0 Å². The van der Waals surface area contributed by atoms with Gasteiger partial charge in [0.25, 0.3) is 5.89 Å². The highest BCUT2D eigenvalue weighted by Crippen LogP contribution is 2.06. The van der Waals surface area contributed by atoms with Crippen molar-refractivity contribution in [3.05, 3.63) is 18.4 Å². The predicted octanol–water partition coefficient (Wildman–Crippen LogP) is 0.610. The van der Waals surface area contributed by atoms with Crippen LogP contribution in [0.25, 0.3) is 0 Å². The van der Waals surface area contributed by atoms with Gasteiger partial charge >= 0.3 is 11.9 Å². The lowest BCUT2D eigenvalue weighted by molar-refractivity contribution is -0.137. The zero-order chi connectivity index (χ0) is 11.4. The molecular formula is C9H12N2O4. The highest BCUT2D eigenvalue weighted by atomic mass is 16.4. The second kappa shape index (κ2) is 4.59. The number of aromatic nitrogens is 1. The van der Waals surface area contributed by atoms with Gasteiger partial charge in [-0.1, -0.05) is 0 Å². The Morgan fingerprint density at radius 3 is 2.80 bits per heavy atom. The third-order valence-electron chi connectivity index (χ3n) is 2.07. The molecule has 1 aromatic heterocycles. The van der Waals surface area contributed by atoms with Gasteiger partial charge in [-0.3, -0.25) is 9.59 Å². The zero-order valence-electron chi connectivity index (χ0n) is 8.51. The molecule has 0 aromatic carbocycles. The Hall–Kier alpha value is -1.85. The van der Waals surface area contributed by atoms with Gasteiger partial charge in [0.2, 0.25) is 0 Å². The fourth-order valence-corrected chi connectivity index (χ4v) is 1.07. The van der Waals surface area contributed by atoms with Crippen molar-refractivity contribution in [2.24, 2.45) is 0 Å². The second-order valence-corrected chi connectivity index (χ2v) is 3.20. The van der Waals surface area contributed by atoms with E-state index in [1.165, 1.54) is 24.4 Å². The molecule has 1 aromatic rings. The summed E-state index contributed by atoms with van der Waals surface area (Å²) in [6.07, 6.45) is 2.55. The van der Waals surface area contributed by atoms with E-state index in [-0.39, 0.29) is 12.3 Å². The smallest absolute Gasteiger partial charge is 0.309 e. The van der Waals surface area contributed by atoms with Crippen LogP contribution in [0.1, 0.15) is 24.0 Å². The topological polar surface area (TPSA) is 83.6 Å². The van der Waals surface area contributed by atoms with E-state index in [9.17, 15) is 9.59 Å². The normalized spacial score (nSPS) is 12.1. The minimum atomic E-state index is -0.949. The summed E-state index contributed by atoms with van der Waals surface area (Å²) in [6.45, 7) is 1.65. The highest BCUT2D eigenvalue weighted by Gasteiger charge is 2.22. The van der Waals surface area contributed by atoms with Gasteiger partial charge in [-0.05, 0) is 6.92 Å². The maximum Gasteiger partial charge on any atom is 0.309 e. The van der Waals surface area contributed by atoms with E-state index in [4.69, 9.17) is 9.52 Å². The molecule has 1 unspecified atom stereocenters. The lowest BCUT2D eigenvalue weighted by atomic mass is 10.2. The standard InChI is InChI=1S/C9H12N2O4/c1-6(5-7(12)13)11(2)9(14)8-10-3-4-15-8/h3-4,6H,5H2,1-2H3,(H,12,13). The van der Waals surface area contributed by atoms with Gasteiger partial charge in [0, 0.05) is 13.1 Å². The Kier molecular flexibility index (Phi) is 3.43. The van der Waals surface area contributed by atoms with Crippen LogP contribution in [0.2, 0.25) is 0 Å². The van der Waals surface area contributed by atoms with Crippen LogP contribution in [0.3, 0.4) is 0 Å². The molecular weight excluding hydrogens is 200 g/mol. The largest absolute Gasteiger partial charge is 0.481 e. The Bertz CT molecular complexity index is 347. The maximum absolute atomic E-state index is 11.6. The molecule has 82 valence electrons.